The minimum atomic E-state index is -0.947. The fourth-order valence-corrected chi connectivity index (χ4v) is 4.33. The molecule has 0 radical (unpaired) electrons. The van der Waals surface area contributed by atoms with E-state index in [-0.39, 0.29) is 28.2 Å². The molecule has 2 heterocycles. The number of ether oxygens (including phenoxy) is 2. The number of fused-ring (bicyclic) bond motifs is 1. The summed E-state index contributed by atoms with van der Waals surface area (Å²) in [7, 11) is 2.38. The molecule has 0 bridgehead atoms. The van der Waals surface area contributed by atoms with Crippen molar-refractivity contribution < 1.29 is 19.1 Å². The Morgan fingerprint density at radius 2 is 1.74 bits per heavy atom. The maximum Gasteiger partial charge on any atom is 0.355 e. The minimum absolute atomic E-state index is 0.0316. The smallest absolute Gasteiger partial charge is 0.355 e. The number of methoxy groups -OCH3 is 2. The summed E-state index contributed by atoms with van der Waals surface area (Å²) >= 11 is 0. The molecule has 0 amide bonds. The van der Waals surface area contributed by atoms with Gasteiger partial charge < -0.3 is 20.2 Å². The number of allylic oxidation sites excluding steroid dienone is 1. The van der Waals surface area contributed by atoms with Gasteiger partial charge in [-0.1, -0.05) is 30.3 Å². The van der Waals surface area contributed by atoms with Gasteiger partial charge in [0.25, 0.3) is 0 Å². The number of H-pyrrole nitrogens is 1. The number of nitrogens with two attached hydrogens (primary N) is 1. The number of aryl methyl sites for hydroxylation is 1. The molecule has 0 fully saturated rings. The van der Waals surface area contributed by atoms with E-state index in [4.69, 9.17) is 15.2 Å². The molecule has 1 aromatic heterocycles. The number of carbonyl (C=O) groups excluding carboxylic acids is 2. The number of esters is 2. The molecule has 3 aromatic rings. The summed E-state index contributed by atoms with van der Waals surface area (Å²) in [5, 5.41) is 10.8. The Morgan fingerprint density at radius 3 is 2.37 bits per heavy atom. The molecule has 1 aliphatic heterocycles. The standard InChI is InChI=1S/C26H22N4O5/c1-14-11-20(31)29-19-10-9-16(12-17(14)19)30-23(26(33)35-3)22(25(32)34-2)21(18(13-27)24(30)28)15-7-5-4-6-8-15/h4-12,21H,28H2,1-3H3,(H,29,31). The van der Waals surface area contributed by atoms with E-state index in [1.165, 1.54) is 25.2 Å². The summed E-state index contributed by atoms with van der Waals surface area (Å²) in [5.74, 6) is -2.61. The second-order valence-electron chi connectivity index (χ2n) is 7.88. The maximum atomic E-state index is 13.1. The predicted octanol–water partition coefficient (Wildman–Crippen LogP) is 2.73. The zero-order valence-corrected chi connectivity index (χ0v) is 19.3. The fourth-order valence-electron chi connectivity index (χ4n) is 4.33. The molecule has 1 atom stereocenters. The summed E-state index contributed by atoms with van der Waals surface area (Å²) < 4.78 is 10.1. The van der Waals surface area contributed by atoms with E-state index in [0.29, 0.717) is 27.7 Å². The molecule has 9 heteroatoms. The van der Waals surface area contributed by atoms with E-state index in [1.54, 1.807) is 55.5 Å². The number of hydrogen-bond acceptors (Lipinski definition) is 8. The zero-order valence-electron chi connectivity index (χ0n) is 19.3. The van der Waals surface area contributed by atoms with Crippen molar-refractivity contribution in [3.63, 3.8) is 0 Å². The Hall–Kier alpha value is -4.84. The second kappa shape index (κ2) is 9.19. The molecule has 2 aromatic carbocycles. The highest BCUT2D eigenvalue weighted by atomic mass is 16.5. The molecule has 0 spiro atoms. The van der Waals surface area contributed by atoms with Crippen LogP contribution in [-0.4, -0.2) is 31.1 Å². The average Bonchev–Trinajstić information content (AvgIpc) is 2.87. The summed E-state index contributed by atoms with van der Waals surface area (Å²) in [5.41, 5.74) is 8.36. The lowest BCUT2D eigenvalue weighted by molar-refractivity contribution is -0.139. The van der Waals surface area contributed by atoms with Crippen molar-refractivity contribution >= 4 is 28.5 Å². The van der Waals surface area contributed by atoms with Gasteiger partial charge in [0.2, 0.25) is 5.56 Å². The third kappa shape index (κ3) is 3.91. The van der Waals surface area contributed by atoms with Crippen LogP contribution in [0.3, 0.4) is 0 Å². The van der Waals surface area contributed by atoms with Gasteiger partial charge in [0.1, 0.15) is 11.5 Å². The number of nitrogens with one attached hydrogen (secondary N) is 1. The largest absolute Gasteiger partial charge is 0.466 e. The highest BCUT2D eigenvalue weighted by molar-refractivity contribution is 6.06. The molecule has 1 aliphatic rings. The van der Waals surface area contributed by atoms with Gasteiger partial charge in [-0.25, -0.2) is 9.59 Å². The van der Waals surface area contributed by atoms with Crippen molar-refractivity contribution in [1.82, 2.24) is 4.98 Å². The third-order valence-electron chi connectivity index (χ3n) is 5.90. The molecule has 0 saturated carbocycles. The first kappa shape index (κ1) is 23.3. The molecule has 9 nitrogen and oxygen atoms in total. The van der Waals surface area contributed by atoms with Gasteiger partial charge in [0, 0.05) is 22.7 Å². The van der Waals surface area contributed by atoms with Gasteiger partial charge in [-0.15, -0.1) is 0 Å². The van der Waals surface area contributed by atoms with Gasteiger partial charge in [-0.05, 0) is 36.2 Å². The molecule has 1 unspecified atom stereocenters. The minimum Gasteiger partial charge on any atom is -0.466 e. The monoisotopic (exact) mass is 470 g/mol. The lowest BCUT2D eigenvalue weighted by atomic mass is 9.81. The summed E-state index contributed by atoms with van der Waals surface area (Å²) in [4.78, 5) is 42.2. The first-order chi connectivity index (χ1) is 16.8. The number of nitriles is 1. The quantitative estimate of drug-likeness (QED) is 0.555. The number of nitrogens with zero attached hydrogens (tertiary/aromatic N) is 2. The molecule has 35 heavy (non-hydrogen) atoms. The molecule has 3 N–H and O–H groups in total. The van der Waals surface area contributed by atoms with Crippen LogP contribution in [0.15, 0.2) is 82.1 Å². The van der Waals surface area contributed by atoms with E-state index in [0.717, 1.165) is 0 Å². The van der Waals surface area contributed by atoms with Crippen LogP contribution in [0.1, 0.15) is 17.0 Å². The lowest BCUT2D eigenvalue weighted by Crippen LogP contribution is -2.40. The van der Waals surface area contributed by atoms with Crippen LogP contribution in [0.25, 0.3) is 10.9 Å². The fraction of sp³-hybridized carbons (Fsp3) is 0.154. The van der Waals surface area contributed by atoms with Crippen LogP contribution in [0, 0.1) is 18.3 Å². The van der Waals surface area contributed by atoms with E-state index in [1.807, 2.05) is 0 Å². The van der Waals surface area contributed by atoms with Crippen molar-refractivity contribution in [1.29, 1.82) is 5.26 Å². The molecular weight excluding hydrogens is 448 g/mol. The van der Waals surface area contributed by atoms with Crippen molar-refractivity contribution in [2.45, 2.75) is 12.8 Å². The van der Waals surface area contributed by atoms with Crippen LogP contribution < -0.4 is 16.2 Å². The summed E-state index contributed by atoms with van der Waals surface area (Å²) in [6, 6.07) is 17.3. The lowest BCUT2D eigenvalue weighted by Gasteiger charge is -2.36. The van der Waals surface area contributed by atoms with Gasteiger partial charge in [0.05, 0.1) is 37.4 Å². The van der Waals surface area contributed by atoms with Crippen LogP contribution >= 0.6 is 0 Å². The number of aromatic nitrogens is 1. The van der Waals surface area contributed by atoms with Crippen molar-refractivity contribution in [2.75, 3.05) is 19.1 Å². The molecular formula is C26H22N4O5. The van der Waals surface area contributed by atoms with Gasteiger partial charge in [-0.3, -0.25) is 9.69 Å². The molecule has 176 valence electrons. The van der Waals surface area contributed by atoms with Crippen LogP contribution in [0.5, 0.6) is 0 Å². The number of rotatable bonds is 4. The van der Waals surface area contributed by atoms with Crippen molar-refractivity contribution in [2.24, 2.45) is 5.73 Å². The topological polar surface area (TPSA) is 139 Å². The second-order valence-corrected chi connectivity index (χ2v) is 7.88. The van der Waals surface area contributed by atoms with E-state index >= 15 is 0 Å². The number of pyridine rings is 1. The number of benzene rings is 2. The Balaban J connectivity index is 2.08. The molecule has 0 saturated heterocycles. The SMILES string of the molecule is COC(=O)C1=C(C(=O)OC)N(c2ccc3[nH]c(=O)cc(C)c3c2)C(N)=C(C#N)C1c1ccccc1. The third-order valence-corrected chi connectivity index (χ3v) is 5.90. The highest BCUT2D eigenvalue weighted by Crippen LogP contribution is 2.43. The Labute approximate surface area is 200 Å². The normalized spacial score (nSPS) is 15.7. The van der Waals surface area contributed by atoms with E-state index < -0.39 is 17.9 Å². The highest BCUT2D eigenvalue weighted by Gasteiger charge is 2.43. The summed E-state index contributed by atoms with van der Waals surface area (Å²) in [6.45, 7) is 1.78. The summed E-state index contributed by atoms with van der Waals surface area (Å²) in [6.07, 6.45) is 0. The molecule has 0 aliphatic carbocycles. The number of aromatic amines is 1. The van der Waals surface area contributed by atoms with E-state index in [2.05, 4.69) is 11.1 Å². The van der Waals surface area contributed by atoms with Crippen LogP contribution in [0.2, 0.25) is 0 Å². The van der Waals surface area contributed by atoms with Gasteiger partial charge in [0.15, 0.2) is 0 Å². The molecule has 4 rings (SSSR count). The van der Waals surface area contributed by atoms with Gasteiger partial charge >= 0.3 is 11.9 Å². The van der Waals surface area contributed by atoms with Crippen molar-refractivity contribution in [3.05, 3.63) is 98.7 Å². The predicted molar refractivity (Wildman–Crippen MR) is 129 cm³/mol. The first-order valence-corrected chi connectivity index (χ1v) is 10.6. The van der Waals surface area contributed by atoms with Crippen LogP contribution in [-0.2, 0) is 19.1 Å². The van der Waals surface area contributed by atoms with Crippen molar-refractivity contribution in [3.8, 4) is 6.07 Å². The first-order valence-electron chi connectivity index (χ1n) is 10.6. The van der Waals surface area contributed by atoms with Gasteiger partial charge in [-0.2, -0.15) is 5.26 Å². The van der Waals surface area contributed by atoms with Crippen LogP contribution in [0.4, 0.5) is 5.69 Å². The number of carbonyl (C=O) groups is 2. The zero-order chi connectivity index (χ0) is 25.3. The Kier molecular flexibility index (Phi) is 6.12. The maximum absolute atomic E-state index is 13.1. The number of hydrogen-bond donors (Lipinski definition) is 2. The Morgan fingerprint density at radius 1 is 1.06 bits per heavy atom. The van der Waals surface area contributed by atoms with E-state index in [9.17, 15) is 19.6 Å². The average molecular weight is 470 g/mol. The Bertz CT molecular complexity index is 1510. The number of anilines is 1.